The predicted octanol–water partition coefficient (Wildman–Crippen LogP) is 4.92. The Balaban J connectivity index is 1.53. The van der Waals surface area contributed by atoms with Crippen molar-refractivity contribution in [2.45, 2.75) is 0 Å². The van der Waals surface area contributed by atoms with E-state index in [4.69, 9.17) is 16.3 Å². The molecular formula is C21H14ClN5O2S. The Morgan fingerprint density at radius 1 is 1.13 bits per heavy atom. The van der Waals surface area contributed by atoms with E-state index < -0.39 is 0 Å². The van der Waals surface area contributed by atoms with Gasteiger partial charge in [-0.3, -0.25) is 4.79 Å². The summed E-state index contributed by atoms with van der Waals surface area (Å²) in [4.78, 5) is 13.8. The fraction of sp³-hybridized carbons (Fsp3) is 0.0476. The SMILES string of the molecule is COc1ccc(-c2nn3cnnc3s2)cc1NC(=O)c1cccc2c(Cl)cccc12. The van der Waals surface area contributed by atoms with E-state index in [0.29, 0.717) is 27.0 Å². The van der Waals surface area contributed by atoms with E-state index in [1.807, 2.05) is 36.4 Å². The number of halogens is 1. The molecule has 0 radical (unpaired) electrons. The molecule has 0 aliphatic heterocycles. The van der Waals surface area contributed by atoms with E-state index in [2.05, 4.69) is 20.6 Å². The van der Waals surface area contributed by atoms with Crippen LogP contribution in [0.5, 0.6) is 5.75 Å². The van der Waals surface area contributed by atoms with Crippen LogP contribution in [0.3, 0.4) is 0 Å². The summed E-state index contributed by atoms with van der Waals surface area (Å²) in [6, 6.07) is 16.5. The van der Waals surface area contributed by atoms with Crippen LogP contribution in [0, 0.1) is 0 Å². The number of nitrogens with one attached hydrogen (secondary N) is 1. The summed E-state index contributed by atoms with van der Waals surface area (Å²) < 4.78 is 7.06. The molecule has 0 saturated carbocycles. The number of carbonyl (C=O) groups is 1. The summed E-state index contributed by atoms with van der Waals surface area (Å²) in [6.07, 6.45) is 1.55. The Hall–Kier alpha value is -3.49. The smallest absolute Gasteiger partial charge is 0.256 e. The Morgan fingerprint density at radius 3 is 2.80 bits per heavy atom. The van der Waals surface area contributed by atoms with E-state index in [1.165, 1.54) is 11.3 Å². The molecule has 0 atom stereocenters. The molecule has 3 aromatic carbocycles. The average Bonchev–Trinajstić information content (AvgIpc) is 3.36. The van der Waals surface area contributed by atoms with Gasteiger partial charge in [0.2, 0.25) is 4.96 Å². The maximum absolute atomic E-state index is 13.1. The molecule has 1 N–H and O–H groups in total. The van der Waals surface area contributed by atoms with E-state index in [9.17, 15) is 4.79 Å². The lowest BCUT2D eigenvalue weighted by Crippen LogP contribution is -2.13. The van der Waals surface area contributed by atoms with Gasteiger partial charge in [0.25, 0.3) is 5.91 Å². The van der Waals surface area contributed by atoms with Crippen molar-refractivity contribution in [3.05, 3.63) is 71.5 Å². The number of hydrogen-bond acceptors (Lipinski definition) is 6. The number of methoxy groups -OCH3 is 1. The number of aromatic nitrogens is 4. The molecular weight excluding hydrogens is 422 g/mol. The fourth-order valence-corrected chi connectivity index (χ4v) is 4.33. The van der Waals surface area contributed by atoms with Gasteiger partial charge in [-0.25, -0.2) is 0 Å². The zero-order chi connectivity index (χ0) is 20.7. The molecule has 0 spiro atoms. The molecule has 5 aromatic rings. The summed E-state index contributed by atoms with van der Waals surface area (Å²) in [5.74, 6) is 0.296. The minimum atomic E-state index is -0.253. The van der Waals surface area contributed by atoms with Gasteiger partial charge in [0.1, 0.15) is 17.1 Å². The molecule has 5 rings (SSSR count). The topological polar surface area (TPSA) is 81.4 Å². The highest BCUT2D eigenvalue weighted by atomic mass is 35.5. The first-order valence-corrected chi connectivity index (χ1v) is 10.2. The third-order valence-electron chi connectivity index (χ3n) is 4.69. The fourth-order valence-electron chi connectivity index (χ4n) is 3.27. The quantitative estimate of drug-likeness (QED) is 0.433. The van der Waals surface area contributed by atoms with Crippen molar-refractivity contribution in [1.29, 1.82) is 0 Å². The Morgan fingerprint density at radius 2 is 1.97 bits per heavy atom. The lowest BCUT2D eigenvalue weighted by molar-refractivity contribution is 0.102. The van der Waals surface area contributed by atoms with Crippen LogP contribution in [0.2, 0.25) is 5.02 Å². The van der Waals surface area contributed by atoms with Crippen molar-refractivity contribution in [1.82, 2.24) is 19.8 Å². The van der Waals surface area contributed by atoms with Crippen LogP contribution in [0.15, 0.2) is 60.9 Å². The average molecular weight is 436 g/mol. The first kappa shape index (κ1) is 18.5. The van der Waals surface area contributed by atoms with Crippen LogP contribution in [0.1, 0.15) is 10.4 Å². The van der Waals surface area contributed by atoms with Gasteiger partial charge in [0.15, 0.2) is 0 Å². The Bertz CT molecular complexity index is 1380. The van der Waals surface area contributed by atoms with Gasteiger partial charge in [-0.05, 0) is 35.7 Å². The van der Waals surface area contributed by atoms with E-state index in [1.54, 1.807) is 36.2 Å². The van der Waals surface area contributed by atoms with E-state index >= 15 is 0 Å². The van der Waals surface area contributed by atoms with Crippen molar-refractivity contribution in [3.8, 4) is 16.3 Å². The van der Waals surface area contributed by atoms with Gasteiger partial charge in [-0.15, -0.1) is 10.2 Å². The van der Waals surface area contributed by atoms with E-state index in [-0.39, 0.29) is 5.91 Å². The van der Waals surface area contributed by atoms with E-state index in [0.717, 1.165) is 21.3 Å². The number of anilines is 1. The van der Waals surface area contributed by atoms with Gasteiger partial charge in [-0.1, -0.05) is 47.2 Å². The van der Waals surface area contributed by atoms with Gasteiger partial charge in [-0.2, -0.15) is 9.61 Å². The Kier molecular flexibility index (Phi) is 4.57. The molecule has 0 saturated heterocycles. The molecule has 148 valence electrons. The molecule has 30 heavy (non-hydrogen) atoms. The summed E-state index contributed by atoms with van der Waals surface area (Å²) in [5.41, 5.74) is 1.91. The minimum absolute atomic E-state index is 0.253. The summed E-state index contributed by atoms with van der Waals surface area (Å²) >= 11 is 7.69. The van der Waals surface area contributed by atoms with Crippen molar-refractivity contribution in [2.24, 2.45) is 0 Å². The van der Waals surface area contributed by atoms with Crippen LogP contribution in [0.25, 0.3) is 26.3 Å². The van der Waals surface area contributed by atoms with Gasteiger partial charge in [0, 0.05) is 21.5 Å². The number of carbonyl (C=O) groups excluding carboxylic acids is 1. The highest BCUT2D eigenvalue weighted by molar-refractivity contribution is 7.19. The molecule has 2 aromatic heterocycles. The molecule has 9 heteroatoms. The lowest BCUT2D eigenvalue weighted by atomic mass is 10.0. The van der Waals surface area contributed by atoms with Crippen molar-refractivity contribution in [2.75, 3.05) is 12.4 Å². The van der Waals surface area contributed by atoms with Crippen LogP contribution in [0.4, 0.5) is 5.69 Å². The maximum Gasteiger partial charge on any atom is 0.256 e. The van der Waals surface area contributed by atoms with Gasteiger partial charge in [0.05, 0.1) is 12.8 Å². The van der Waals surface area contributed by atoms with Crippen molar-refractivity contribution >= 4 is 50.3 Å². The van der Waals surface area contributed by atoms with Crippen LogP contribution in [-0.2, 0) is 0 Å². The molecule has 7 nitrogen and oxygen atoms in total. The third kappa shape index (κ3) is 3.16. The highest BCUT2D eigenvalue weighted by Gasteiger charge is 2.16. The normalized spacial score (nSPS) is 11.1. The Labute approximate surface area is 179 Å². The first-order chi connectivity index (χ1) is 14.6. The van der Waals surface area contributed by atoms with Crippen LogP contribution < -0.4 is 10.1 Å². The number of benzene rings is 3. The van der Waals surface area contributed by atoms with Crippen LogP contribution in [-0.4, -0.2) is 32.8 Å². The second kappa shape index (κ2) is 7.40. The third-order valence-corrected chi connectivity index (χ3v) is 5.99. The molecule has 2 heterocycles. The number of hydrogen-bond donors (Lipinski definition) is 1. The second-order valence-electron chi connectivity index (χ2n) is 6.48. The molecule has 0 bridgehead atoms. The number of fused-ring (bicyclic) bond motifs is 2. The molecule has 0 aliphatic rings. The molecule has 0 aliphatic carbocycles. The number of amides is 1. The minimum Gasteiger partial charge on any atom is -0.495 e. The number of rotatable bonds is 4. The van der Waals surface area contributed by atoms with Gasteiger partial charge >= 0.3 is 0 Å². The first-order valence-electron chi connectivity index (χ1n) is 8.98. The number of nitrogens with zero attached hydrogens (tertiary/aromatic N) is 4. The predicted molar refractivity (Wildman–Crippen MR) is 118 cm³/mol. The summed E-state index contributed by atoms with van der Waals surface area (Å²) in [7, 11) is 1.56. The van der Waals surface area contributed by atoms with Crippen LogP contribution >= 0.6 is 22.9 Å². The second-order valence-corrected chi connectivity index (χ2v) is 7.84. The standard InChI is InChI=1S/C21H14ClN5O2S/c1-29-18-9-8-12(20-26-27-11-23-25-21(27)30-20)10-17(18)24-19(28)15-6-2-5-14-13(15)4-3-7-16(14)22/h2-11H,1H3,(H,24,28). The zero-order valence-electron chi connectivity index (χ0n) is 15.7. The van der Waals surface area contributed by atoms with Crippen molar-refractivity contribution in [3.63, 3.8) is 0 Å². The maximum atomic E-state index is 13.1. The zero-order valence-corrected chi connectivity index (χ0v) is 17.2. The lowest BCUT2D eigenvalue weighted by Gasteiger charge is -2.13. The van der Waals surface area contributed by atoms with Crippen molar-refractivity contribution < 1.29 is 9.53 Å². The largest absolute Gasteiger partial charge is 0.495 e. The molecule has 0 unspecified atom stereocenters. The van der Waals surface area contributed by atoms with Gasteiger partial charge < -0.3 is 10.1 Å². The molecule has 1 amide bonds. The monoisotopic (exact) mass is 435 g/mol. The molecule has 0 fully saturated rings. The summed E-state index contributed by atoms with van der Waals surface area (Å²) in [6.45, 7) is 0. The highest BCUT2D eigenvalue weighted by Crippen LogP contribution is 2.33. The summed E-state index contributed by atoms with van der Waals surface area (Å²) in [5, 5.41) is 18.2. The number of ether oxygens (including phenoxy) is 1.